The van der Waals surface area contributed by atoms with Crippen LogP contribution in [0.4, 0.5) is 0 Å². The highest BCUT2D eigenvalue weighted by atomic mass is 32.2. The van der Waals surface area contributed by atoms with Crippen LogP contribution in [0.2, 0.25) is 0 Å². The zero-order valence-corrected chi connectivity index (χ0v) is 17.2. The molecule has 146 valence electrons. The van der Waals surface area contributed by atoms with E-state index in [0.29, 0.717) is 17.7 Å². The molecule has 2 aromatic rings. The Labute approximate surface area is 161 Å². The van der Waals surface area contributed by atoms with Crippen molar-refractivity contribution in [2.24, 2.45) is 0 Å². The Morgan fingerprint density at radius 2 is 1.67 bits per heavy atom. The number of nitrogens with one attached hydrogen (secondary N) is 1. The van der Waals surface area contributed by atoms with Crippen molar-refractivity contribution in [2.45, 2.75) is 50.7 Å². The lowest BCUT2D eigenvalue weighted by molar-refractivity contribution is 0.00578. The Morgan fingerprint density at radius 3 is 2.30 bits per heavy atom. The van der Waals surface area contributed by atoms with Gasteiger partial charge in [-0.2, -0.15) is 0 Å². The Morgan fingerprint density at radius 1 is 1.04 bits per heavy atom. The number of sulfonamides is 1. The number of rotatable bonds is 6. The number of ether oxygens (including phenoxy) is 1. The smallest absolute Gasteiger partial charge is 0.473 e. The van der Waals surface area contributed by atoms with Crippen LogP contribution in [0.15, 0.2) is 41.3 Å². The molecule has 2 aromatic carbocycles. The molecule has 0 radical (unpaired) electrons. The zero-order chi connectivity index (χ0) is 19.9. The molecule has 8 heteroatoms. The number of hydrogen-bond donors (Lipinski definition) is 1. The van der Waals surface area contributed by atoms with Gasteiger partial charge in [-0.25, -0.2) is 13.1 Å². The highest BCUT2D eigenvalue weighted by Gasteiger charge is 2.51. The molecule has 1 heterocycles. The second kappa shape index (κ2) is 7.09. The Kier molecular flexibility index (Phi) is 5.29. The van der Waals surface area contributed by atoms with Crippen LogP contribution < -0.4 is 9.46 Å². The van der Waals surface area contributed by atoms with Gasteiger partial charge in [-0.1, -0.05) is 30.3 Å². The topological polar surface area (TPSA) is 73.9 Å². The third kappa shape index (κ3) is 3.85. The highest BCUT2D eigenvalue weighted by molar-refractivity contribution is 7.89. The molecule has 1 aliphatic rings. The highest BCUT2D eigenvalue weighted by Crippen LogP contribution is 2.37. The lowest BCUT2D eigenvalue weighted by atomic mass is 9.90. The van der Waals surface area contributed by atoms with Crippen molar-refractivity contribution in [1.29, 1.82) is 0 Å². The Bertz CT molecular complexity index is 926. The van der Waals surface area contributed by atoms with Crippen LogP contribution in [-0.4, -0.2) is 39.8 Å². The third-order valence-electron chi connectivity index (χ3n) is 5.15. The van der Waals surface area contributed by atoms with Crippen LogP contribution in [-0.2, 0) is 19.3 Å². The van der Waals surface area contributed by atoms with Gasteiger partial charge in [0.2, 0.25) is 10.0 Å². The van der Waals surface area contributed by atoms with E-state index in [1.54, 1.807) is 12.1 Å². The van der Waals surface area contributed by atoms with Crippen molar-refractivity contribution in [3.63, 3.8) is 0 Å². The minimum absolute atomic E-state index is 0.0178. The maximum Gasteiger partial charge on any atom is 0.473 e. The first kappa shape index (κ1) is 20.1. The summed E-state index contributed by atoms with van der Waals surface area (Å²) in [6.45, 7) is 9.92. The van der Waals surface area contributed by atoms with Crippen molar-refractivity contribution in [3.05, 3.63) is 36.4 Å². The van der Waals surface area contributed by atoms with Crippen molar-refractivity contribution in [1.82, 2.24) is 4.72 Å². The lowest BCUT2D eigenvalue weighted by Crippen LogP contribution is -2.41. The second-order valence-electron chi connectivity index (χ2n) is 7.58. The first-order valence-electron chi connectivity index (χ1n) is 9.07. The molecule has 0 aliphatic carbocycles. The molecule has 0 amide bonds. The molecule has 1 N–H and O–H groups in total. The summed E-state index contributed by atoms with van der Waals surface area (Å²) in [5.41, 5.74) is -1.03. The standard InChI is InChI=1S/C19H26BNO5S/c1-6-24-16-12-11-14-9-7-8-10-15(14)17(16)27(22,23)21-13-20-25-18(2,3)19(4,5)26-20/h7-12,21H,6,13H2,1-5H3. The number of benzene rings is 2. The SMILES string of the molecule is CCOc1ccc2ccccc2c1S(=O)(=O)NCB1OC(C)(C)C(C)(C)O1. The average molecular weight is 391 g/mol. The van der Waals surface area contributed by atoms with E-state index in [0.717, 1.165) is 5.39 Å². The predicted molar refractivity (Wildman–Crippen MR) is 106 cm³/mol. The van der Waals surface area contributed by atoms with Gasteiger partial charge in [0, 0.05) is 11.8 Å². The third-order valence-corrected chi connectivity index (χ3v) is 6.66. The lowest BCUT2D eigenvalue weighted by Gasteiger charge is -2.32. The molecule has 3 rings (SSSR count). The fourth-order valence-electron chi connectivity index (χ4n) is 3.07. The molecule has 27 heavy (non-hydrogen) atoms. The molecule has 0 bridgehead atoms. The van der Waals surface area contributed by atoms with E-state index in [2.05, 4.69) is 4.72 Å². The summed E-state index contributed by atoms with van der Waals surface area (Å²) in [5, 5.41) is 1.45. The summed E-state index contributed by atoms with van der Waals surface area (Å²) < 4.78 is 46.2. The summed E-state index contributed by atoms with van der Waals surface area (Å²) in [6.07, 6.45) is 0.0178. The number of hydrogen-bond acceptors (Lipinski definition) is 5. The van der Waals surface area contributed by atoms with Gasteiger partial charge in [-0.15, -0.1) is 0 Å². The molecule has 1 fully saturated rings. The first-order chi connectivity index (χ1) is 12.6. The Hall–Kier alpha value is -1.61. The quantitative estimate of drug-likeness (QED) is 0.766. The largest absolute Gasteiger partial charge is 0.492 e. The Balaban J connectivity index is 1.90. The van der Waals surface area contributed by atoms with Crippen molar-refractivity contribution in [2.75, 3.05) is 13.1 Å². The van der Waals surface area contributed by atoms with E-state index >= 15 is 0 Å². The fourth-order valence-corrected chi connectivity index (χ4v) is 4.43. The molecule has 0 aromatic heterocycles. The summed E-state index contributed by atoms with van der Waals surface area (Å²) in [7, 11) is -4.49. The monoisotopic (exact) mass is 391 g/mol. The average Bonchev–Trinajstić information content (AvgIpc) is 2.80. The maximum absolute atomic E-state index is 13.1. The van der Waals surface area contributed by atoms with Gasteiger partial charge in [0.1, 0.15) is 10.6 Å². The molecule has 0 atom stereocenters. The summed E-state index contributed by atoms with van der Waals surface area (Å²) >= 11 is 0. The van der Waals surface area contributed by atoms with Gasteiger partial charge in [-0.05, 0) is 46.1 Å². The minimum Gasteiger partial charge on any atom is -0.492 e. The summed E-state index contributed by atoms with van der Waals surface area (Å²) in [4.78, 5) is 0.138. The van der Waals surface area contributed by atoms with E-state index in [9.17, 15) is 8.42 Å². The van der Waals surface area contributed by atoms with Gasteiger partial charge >= 0.3 is 7.12 Å². The molecule has 0 saturated carbocycles. The number of fused-ring (bicyclic) bond motifs is 1. The van der Waals surface area contributed by atoms with E-state index in [1.807, 2.05) is 58.9 Å². The van der Waals surface area contributed by atoms with Gasteiger partial charge in [0.05, 0.1) is 17.8 Å². The molecule has 6 nitrogen and oxygen atoms in total. The van der Waals surface area contributed by atoms with Crippen molar-refractivity contribution >= 4 is 27.9 Å². The van der Waals surface area contributed by atoms with Gasteiger partial charge in [0.25, 0.3) is 0 Å². The summed E-state index contributed by atoms with van der Waals surface area (Å²) in [5.74, 6) is 0.331. The fraction of sp³-hybridized carbons (Fsp3) is 0.474. The van der Waals surface area contributed by atoms with E-state index in [1.165, 1.54) is 0 Å². The maximum atomic E-state index is 13.1. The first-order valence-corrected chi connectivity index (χ1v) is 10.6. The van der Waals surface area contributed by atoms with Crippen LogP contribution in [0.5, 0.6) is 5.75 Å². The normalized spacial score (nSPS) is 18.8. The van der Waals surface area contributed by atoms with Gasteiger partial charge in [-0.3, -0.25) is 0 Å². The van der Waals surface area contributed by atoms with Crippen molar-refractivity contribution < 1.29 is 22.5 Å². The van der Waals surface area contributed by atoms with E-state index < -0.39 is 28.3 Å². The summed E-state index contributed by atoms with van der Waals surface area (Å²) in [6, 6.07) is 10.9. The van der Waals surface area contributed by atoms with Crippen LogP contribution in [0, 0.1) is 0 Å². The van der Waals surface area contributed by atoms with E-state index in [4.69, 9.17) is 14.0 Å². The predicted octanol–water partition coefficient (Wildman–Crippen LogP) is 3.15. The molecular formula is C19H26BNO5S. The van der Waals surface area contributed by atoms with Gasteiger partial charge < -0.3 is 14.0 Å². The second-order valence-corrected chi connectivity index (χ2v) is 9.29. The van der Waals surface area contributed by atoms with E-state index in [-0.39, 0.29) is 11.3 Å². The van der Waals surface area contributed by atoms with Crippen LogP contribution >= 0.6 is 0 Å². The molecule has 0 unspecified atom stereocenters. The molecule has 1 aliphatic heterocycles. The minimum atomic E-state index is -3.84. The van der Waals surface area contributed by atoms with Crippen molar-refractivity contribution in [3.8, 4) is 5.75 Å². The molecule has 1 saturated heterocycles. The van der Waals surface area contributed by atoms with Gasteiger partial charge in [0.15, 0.2) is 0 Å². The van der Waals surface area contributed by atoms with Crippen LogP contribution in [0.3, 0.4) is 0 Å². The molecular weight excluding hydrogens is 365 g/mol. The zero-order valence-electron chi connectivity index (χ0n) is 16.4. The van der Waals surface area contributed by atoms with Crippen LogP contribution in [0.25, 0.3) is 10.8 Å². The van der Waals surface area contributed by atoms with Crippen LogP contribution in [0.1, 0.15) is 34.6 Å². The molecule has 0 spiro atoms.